The lowest BCUT2D eigenvalue weighted by Crippen LogP contribution is -1.90. The molecule has 54 valence electrons. The largest absolute Gasteiger partial charge is 0.298 e. The van der Waals surface area contributed by atoms with Crippen LogP contribution in [-0.4, -0.2) is 6.29 Å². The highest BCUT2D eigenvalue weighted by Gasteiger charge is 2.01. The summed E-state index contributed by atoms with van der Waals surface area (Å²) in [5.41, 5.74) is 1.79. The van der Waals surface area contributed by atoms with Gasteiger partial charge in [0.05, 0.1) is 11.6 Å². The Morgan fingerprint density at radius 3 is 2.73 bits per heavy atom. The van der Waals surface area contributed by atoms with Gasteiger partial charge in [-0.15, -0.1) is 0 Å². The highest BCUT2D eigenvalue weighted by atomic mass is 16.1. The average molecular weight is 145 g/mol. The molecule has 0 N–H and O–H groups in total. The average Bonchev–Trinajstić information content (AvgIpc) is 2.04. The van der Waals surface area contributed by atoms with E-state index in [1.807, 2.05) is 19.1 Å². The van der Waals surface area contributed by atoms with Crippen LogP contribution in [0.25, 0.3) is 0 Å². The Morgan fingerprint density at radius 2 is 2.27 bits per heavy atom. The standard InChI is InChI=1S/C9H7NO/c1-7-3-2-4-8(5-10)9(7)6-11/h2-4,6H,1H3. The Morgan fingerprint density at radius 1 is 1.55 bits per heavy atom. The maximum Gasteiger partial charge on any atom is 0.151 e. The predicted molar refractivity (Wildman–Crippen MR) is 41.3 cm³/mol. The fourth-order valence-electron chi connectivity index (χ4n) is 0.935. The smallest absolute Gasteiger partial charge is 0.151 e. The number of aryl methyl sites for hydroxylation is 1. The first-order valence-corrected chi connectivity index (χ1v) is 3.24. The topological polar surface area (TPSA) is 40.9 Å². The summed E-state index contributed by atoms with van der Waals surface area (Å²) < 4.78 is 0. The second-order valence-electron chi connectivity index (χ2n) is 2.27. The fourth-order valence-corrected chi connectivity index (χ4v) is 0.935. The van der Waals surface area contributed by atoms with Crippen molar-refractivity contribution in [3.63, 3.8) is 0 Å². The summed E-state index contributed by atoms with van der Waals surface area (Å²) in [4.78, 5) is 10.5. The van der Waals surface area contributed by atoms with Crippen molar-refractivity contribution in [3.8, 4) is 6.07 Å². The van der Waals surface area contributed by atoms with Gasteiger partial charge >= 0.3 is 0 Å². The number of nitriles is 1. The van der Waals surface area contributed by atoms with E-state index in [0.717, 1.165) is 5.56 Å². The summed E-state index contributed by atoms with van der Waals surface area (Å²) in [6, 6.07) is 7.17. The van der Waals surface area contributed by atoms with Crippen molar-refractivity contribution in [2.45, 2.75) is 6.92 Å². The summed E-state index contributed by atoms with van der Waals surface area (Å²) >= 11 is 0. The number of nitrogens with zero attached hydrogens (tertiary/aromatic N) is 1. The molecule has 0 fully saturated rings. The van der Waals surface area contributed by atoms with Gasteiger partial charge in [-0.2, -0.15) is 5.26 Å². The first-order valence-electron chi connectivity index (χ1n) is 3.24. The van der Waals surface area contributed by atoms with Crippen molar-refractivity contribution in [1.82, 2.24) is 0 Å². The van der Waals surface area contributed by atoms with E-state index in [2.05, 4.69) is 0 Å². The molecule has 0 bridgehead atoms. The monoisotopic (exact) mass is 145 g/mol. The van der Waals surface area contributed by atoms with E-state index in [1.54, 1.807) is 12.1 Å². The van der Waals surface area contributed by atoms with E-state index < -0.39 is 0 Å². The van der Waals surface area contributed by atoms with E-state index in [9.17, 15) is 4.79 Å². The number of carbonyl (C=O) groups is 1. The number of benzene rings is 1. The van der Waals surface area contributed by atoms with Crippen LogP contribution in [0.2, 0.25) is 0 Å². The van der Waals surface area contributed by atoms with Crippen LogP contribution in [0.4, 0.5) is 0 Å². The molecule has 1 rings (SSSR count). The van der Waals surface area contributed by atoms with Gasteiger partial charge in [-0.3, -0.25) is 4.79 Å². The third kappa shape index (κ3) is 1.27. The molecule has 0 aliphatic rings. The number of rotatable bonds is 1. The maximum absolute atomic E-state index is 10.5. The quantitative estimate of drug-likeness (QED) is 0.564. The number of hydrogen-bond acceptors (Lipinski definition) is 2. The minimum atomic E-state index is 0.444. The van der Waals surface area contributed by atoms with Crippen LogP contribution >= 0.6 is 0 Å². The second-order valence-corrected chi connectivity index (χ2v) is 2.27. The molecule has 0 radical (unpaired) electrons. The maximum atomic E-state index is 10.5. The highest BCUT2D eigenvalue weighted by Crippen LogP contribution is 2.09. The third-order valence-corrected chi connectivity index (χ3v) is 1.56. The van der Waals surface area contributed by atoms with E-state index in [-0.39, 0.29) is 0 Å². The first-order chi connectivity index (χ1) is 5.29. The first kappa shape index (κ1) is 7.49. The van der Waals surface area contributed by atoms with Crippen LogP contribution in [0.1, 0.15) is 21.5 Å². The molecule has 0 aromatic heterocycles. The molecule has 0 aliphatic heterocycles. The second kappa shape index (κ2) is 2.98. The van der Waals surface area contributed by atoms with Crippen LogP contribution < -0.4 is 0 Å². The molecule has 0 unspecified atom stereocenters. The van der Waals surface area contributed by atoms with E-state index in [1.165, 1.54) is 0 Å². The van der Waals surface area contributed by atoms with E-state index in [0.29, 0.717) is 17.4 Å². The van der Waals surface area contributed by atoms with Crippen LogP contribution in [0.5, 0.6) is 0 Å². The summed E-state index contributed by atoms with van der Waals surface area (Å²) in [5.74, 6) is 0. The van der Waals surface area contributed by atoms with Gasteiger partial charge in [0.2, 0.25) is 0 Å². The van der Waals surface area contributed by atoms with Gasteiger partial charge in [0, 0.05) is 5.56 Å². The van der Waals surface area contributed by atoms with Gasteiger partial charge in [0.15, 0.2) is 6.29 Å². The number of carbonyl (C=O) groups excluding carboxylic acids is 1. The van der Waals surface area contributed by atoms with Crippen molar-refractivity contribution in [1.29, 1.82) is 5.26 Å². The van der Waals surface area contributed by atoms with Crippen molar-refractivity contribution >= 4 is 6.29 Å². The summed E-state index contributed by atoms with van der Waals surface area (Å²) in [6.07, 6.45) is 0.716. The SMILES string of the molecule is Cc1cccc(C#N)c1C=O. The zero-order chi connectivity index (χ0) is 8.27. The number of hydrogen-bond donors (Lipinski definition) is 0. The van der Waals surface area contributed by atoms with Gasteiger partial charge in [0.1, 0.15) is 0 Å². The Hall–Kier alpha value is -1.62. The predicted octanol–water partition coefficient (Wildman–Crippen LogP) is 1.68. The zero-order valence-electron chi connectivity index (χ0n) is 6.16. The lowest BCUT2D eigenvalue weighted by atomic mass is 10.0. The molecule has 2 heteroatoms. The Kier molecular flexibility index (Phi) is 2.03. The molecule has 1 aromatic rings. The molecular formula is C9H7NO. The van der Waals surface area contributed by atoms with E-state index in [4.69, 9.17) is 5.26 Å². The normalized spacial score (nSPS) is 8.73. The Balaban J connectivity index is 3.38. The van der Waals surface area contributed by atoms with Crippen LogP contribution in [-0.2, 0) is 0 Å². The molecule has 0 saturated heterocycles. The van der Waals surface area contributed by atoms with Crippen molar-refractivity contribution in [2.24, 2.45) is 0 Å². The van der Waals surface area contributed by atoms with Crippen molar-refractivity contribution < 1.29 is 4.79 Å². The molecule has 0 atom stereocenters. The minimum Gasteiger partial charge on any atom is -0.298 e. The number of aldehydes is 1. The Bertz CT molecular complexity index is 323. The van der Waals surface area contributed by atoms with Gasteiger partial charge < -0.3 is 0 Å². The van der Waals surface area contributed by atoms with Crippen molar-refractivity contribution in [3.05, 3.63) is 34.9 Å². The van der Waals surface area contributed by atoms with Crippen LogP contribution in [0.15, 0.2) is 18.2 Å². The summed E-state index contributed by atoms with van der Waals surface area (Å²) in [5, 5.41) is 8.57. The molecule has 2 nitrogen and oxygen atoms in total. The lowest BCUT2D eigenvalue weighted by Gasteiger charge is -1.97. The van der Waals surface area contributed by atoms with Gasteiger partial charge in [-0.1, -0.05) is 12.1 Å². The van der Waals surface area contributed by atoms with Crippen LogP contribution in [0.3, 0.4) is 0 Å². The third-order valence-electron chi connectivity index (χ3n) is 1.56. The molecular weight excluding hydrogens is 138 g/mol. The summed E-state index contributed by atoms with van der Waals surface area (Å²) in [7, 11) is 0. The van der Waals surface area contributed by atoms with Crippen molar-refractivity contribution in [2.75, 3.05) is 0 Å². The van der Waals surface area contributed by atoms with Gasteiger partial charge in [0.25, 0.3) is 0 Å². The zero-order valence-corrected chi connectivity index (χ0v) is 6.16. The molecule has 0 amide bonds. The Labute approximate surface area is 65.1 Å². The molecule has 0 saturated carbocycles. The summed E-state index contributed by atoms with van der Waals surface area (Å²) in [6.45, 7) is 1.81. The molecule has 0 heterocycles. The van der Waals surface area contributed by atoms with Crippen LogP contribution in [0, 0.1) is 18.3 Å². The highest BCUT2D eigenvalue weighted by molar-refractivity contribution is 5.81. The molecule has 0 spiro atoms. The van der Waals surface area contributed by atoms with Gasteiger partial charge in [-0.05, 0) is 18.6 Å². The van der Waals surface area contributed by atoms with E-state index >= 15 is 0 Å². The molecule has 0 aliphatic carbocycles. The molecule has 11 heavy (non-hydrogen) atoms. The molecule has 1 aromatic carbocycles. The fraction of sp³-hybridized carbons (Fsp3) is 0.111. The minimum absolute atomic E-state index is 0.444. The lowest BCUT2D eigenvalue weighted by molar-refractivity contribution is 0.112. The van der Waals surface area contributed by atoms with Gasteiger partial charge in [-0.25, -0.2) is 0 Å².